The van der Waals surface area contributed by atoms with Crippen LogP contribution in [0, 0.1) is 5.92 Å². The van der Waals surface area contributed by atoms with E-state index in [1.807, 2.05) is 23.6 Å². The number of halogens is 2. The highest BCUT2D eigenvalue weighted by molar-refractivity contribution is 8.03. The Morgan fingerprint density at radius 2 is 1.77 bits per heavy atom. The first-order valence-corrected chi connectivity index (χ1v) is 11.3. The number of nitrogens with one attached hydrogen (secondary N) is 1. The molecule has 0 aromatic heterocycles. The van der Waals surface area contributed by atoms with Crippen molar-refractivity contribution in [3.63, 3.8) is 0 Å². The summed E-state index contributed by atoms with van der Waals surface area (Å²) in [5.74, 6) is -1.98. The number of ether oxygens (including phenoxy) is 1. The number of hydrogen-bond donors (Lipinski definition) is 1. The zero-order chi connectivity index (χ0) is 22.6. The van der Waals surface area contributed by atoms with E-state index in [0.717, 1.165) is 11.1 Å². The van der Waals surface area contributed by atoms with Crippen molar-refractivity contribution in [2.75, 3.05) is 0 Å². The van der Waals surface area contributed by atoms with Crippen LogP contribution in [-0.2, 0) is 20.7 Å². The van der Waals surface area contributed by atoms with Crippen LogP contribution < -0.4 is 5.32 Å². The highest BCUT2D eigenvalue weighted by Gasteiger charge is 2.41. The van der Waals surface area contributed by atoms with Crippen molar-refractivity contribution in [3.8, 4) is 0 Å². The van der Waals surface area contributed by atoms with E-state index in [-0.39, 0.29) is 6.42 Å². The van der Waals surface area contributed by atoms with Crippen LogP contribution in [0.2, 0.25) is 5.02 Å². The molecule has 31 heavy (non-hydrogen) atoms. The lowest BCUT2D eigenvalue weighted by Crippen LogP contribution is -2.45. The van der Waals surface area contributed by atoms with Crippen LogP contribution in [0.25, 0.3) is 5.57 Å². The Balaban J connectivity index is 1.77. The van der Waals surface area contributed by atoms with Gasteiger partial charge in [-0.25, -0.2) is 4.39 Å². The number of carbonyl (C=O) groups excluding carboxylic acids is 2. The third-order valence-corrected chi connectivity index (χ3v) is 5.97. The average molecular weight is 462 g/mol. The SMILES string of the molecule is CC(C)(C)OC(=O)C1C(c2ccc(Cl)cc2)=CS[C@@H]1NC(=O)C(F)Cc1ccccc1. The maximum absolute atomic E-state index is 14.6. The van der Waals surface area contributed by atoms with Gasteiger partial charge in [0.05, 0.1) is 5.37 Å². The Morgan fingerprint density at radius 3 is 2.39 bits per heavy atom. The molecule has 3 atom stereocenters. The Bertz CT molecular complexity index is 957. The maximum Gasteiger partial charge on any atom is 0.317 e. The summed E-state index contributed by atoms with van der Waals surface area (Å²) in [6.07, 6.45) is -1.75. The van der Waals surface area contributed by atoms with Crippen LogP contribution >= 0.6 is 23.4 Å². The van der Waals surface area contributed by atoms with Crippen LogP contribution in [0.3, 0.4) is 0 Å². The lowest BCUT2D eigenvalue weighted by Gasteiger charge is -2.27. The van der Waals surface area contributed by atoms with Crippen molar-refractivity contribution >= 4 is 40.8 Å². The van der Waals surface area contributed by atoms with E-state index in [4.69, 9.17) is 16.3 Å². The van der Waals surface area contributed by atoms with Gasteiger partial charge in [0.1, 0.15) is 11.5 Å². The number of benzene rings is 2. The highest BCUT2D eigenvalue weighted by atomic mass is 35.5. The molecular formula is C24H25ClFNO3S. The van der Waals surface area contributed by atoms with Crippen LogP contribution in [0.1, 0.15) is 31.9 Å². The quantitative estimate of drug-likeness (QED) is 0.584. The number of thioether (sulfide) groups is 1. The van der Waals surface area contributed by atoms with Crippen LogP contribution in [0.5, 0.6) is 0 Å². The summed E-state index contributed by atoms with van der Waals surface area (Å²) in [6, 6.07) is 16.1. The Kier molecular flexibility index (Phi) is 7.44. The fourth-order valence-corrected chi connectivity index (χ4v) is 4.53. The van der Waals surface area contributed by atoms with Crippen LogP contribution in [0.4, 0.5) is 4.39 Å². The largest absolute Gasteiger partial charge is 0.459 e. The molecule has 2 unspecified atom stereocenters. The van der Waals surface area contributed by atoms with Gasteiger partial charge < -0.3 is 10.1 Å². The summed E-state index contributed by atoms with van der Waals surface area (Å²) >= 11 is 7.26. The van der Waals surface area contributed by atoms with E-state index >= 15 is 0 Å². The molecule has 4 nitrogen and oxygen atoms in total. The predicted molar refractivity (Wildman–Crippen MR) is 123 cm³/mol. The van der Waals surface area contributed by atoms with Crippen molar-refractivity contribution in [3.05, 3.63) is 76.2 Å². The average Bonchev–Trinajstić information content (AvgIpc) is 3.11. The van der Waals surface area contributed by atoms with E-state index < -0.39 is 34.9 Å². The van der Waals surface area contributed by atoms with Gasteiger partial charge in [0, 0.05) is 11.4 Å². The van der Waals surface area contributed by atoms with Crippen LogP contribution in [-0.4, -0.2) is 29.0 Å². The summed E-state index contributed by atoms with van der Waals surface area (Å²) < 4.78 is 20.2. The molecule has 7 heteroatoms. The molecule has 164 valence electrons. The molecule has 0 bridgehead atoms. The van der Waals surface area contributed by atoms with Crippen molar-refractivity contribution in [2.45, 2.75) is 44.3 Å². The number of hydrogen-bond acceptors (Lipinski definition) is 4. The summed E-state index contributed by atoms with van der Waals surface area (Å²) in [4.78, 5) is 25.6. The zero-order valence-electron chi connectivity index (χ0n) is 17.6. The number of rotatable bonds is 6. The molecule has 0 saturated carbocycles. The van der Waals surface area contributed by atoms with Gasteiger partial charge in [0.25, 0.3) is 5.91 Å². The first-order valence-electron chi connectivity index (χ1n) is 9.97. The van der Waals surface area contributed by atoms with E-state index in [2.05, 4.69) is 5.32 Å². The second-order valence-electron chi connectivity index (χ2n) is 8.31. The van der Waals surface area contributed by atoms with Crippen LogP contribution in [0.15, 0.2) is 60.0 Å². The molecule has 0 spiro atoms. The van der Waals surface area contributed by atoms with Crippen molar-refractivity contribution in [1.82, 2.24) is 5.32 Å². The van der Waals surface area contributed by atoms with E-state index in [9.17, 15) is 14.0 Å². The Hall–Kier alpha value is -2.31. The van der Waals surface area contributed by atoms with Gasteiger partial charge in [-0.05, 0) is 55.0 Å². The van der Waals surface area contributed by atoms with Gasteiger partial charge in [0.2, 0.25) is 0 Å². The lowest BCUT2D eigenvalue weighted by molar-refractivity contribution is -0.157. The Labute approximate surface area is 191 Å². The van der Waals surface area contributed by atoms with E-state index in [1.54, 1.807) is 57.2 Å². The van der Waals surface area contributed by atoms with Gasteiger partial charge in [-0.15, -0.1) is 11.8 Å². The molecule has 1 N–H and O–H groups in total. The second-order valence-corrected chi connectivity index (χ2v) is 9.77. The molecule has 1 aliphatic rings. The smallest absolute Gasteiger partial charge is 0.317 e. The minimum atomic E-state index is -1.72. The second kappa shape index (κ2) is 9.88. The van der Waals surface area contributed by atoms with Crippen molar-refractivity contribution in [2.24, 2.45) is 5.92 Å². The summed E-state index contributed by atoms with van der Waals surface area (Å²) in [5, 5.41) is 4.42. The lowest BCUT2D eigenvalue weighted by atomic mass is 9.93. The maximum atomic E-state index is 14.6. The molecule has 1 heterocycles. The molecule has 0 radical (unpaired) electrons. The Morgan fingerprint density at radius 1 is 1.13 bits per heavy atom. The molecule has 2 aromatic carbocycles. The number of amides is 1. The molecule has 2 aromatic rings. The minimum absolute atomic E-state index is 0.0291. The normalized spacial score (nSPS) is 19.5. The zero-order valence-corrected chi connectivity index (χ0v) is 19.2. The van der Waals surface area contributed by atoms with E-state index in [0.29, 0.717) is 10.6 Å². The molecule has 3 rings (SSSR count). The first-order chi connectivity index (χ1) is 14.6. The number of carbonyl (C=O) groups is 2. The summed E-state index contributed by atoms with van der Waals surface area (Å²) in [7, 11) is 0. The third-order valence-electron chi connectivity index (χ3n) is 4.64. The first kappa shape index (κ1) is 23.4. The summed E-state index contributed by atoms with van der Waals surface area (Å²) in [6.45, 7) is 5.34. The van der Waals surface area contributed by atoms with Gasteiger partial charge in [-0.3, -0.25) is 9.59 Å². The van der Waals surface area contributed by atoms with Gasteiger partial charge >= 0.3 is 5.97 Å². The van der Waals surface area contributed by atoms with Gasteiger partial charge in [0.15, 0.2) is 6.17 Å². The molecular weight excluding hydrogens is 437 g/mol. The molecule has 0 saturated heterocycles. The molecule has 1 aliphatic heterocycles. The molecule has 0 fully saturated rings. The minimum Gasteiger partial charge on any atom is -0.459 e. The molecule has 1 amide bonds. The predicted octanol–water partition coefficient (Wildman–Crippen LogP) is 5.41. The highest BCUT2D eigenvalue weighted by Crippen LogP contribution is 2.41. The number of alkyl halides is 1. The monoisotopic (exact) mass is 461 g/mol. The topological polar surface area (TPSA) is 55.4 Å². The van der Waals surface area contributed by atoms with E-state index in [1.165, 1.54) is 11.8 Å². The fraction of sp³-hybridized carbons (Fsp3) is 0.333. The van der Waals surface area contributed by atoms with Gasteiger partial charge in [-0.2, -0.15) is 0 Å². The summed E-state index contributed by atoms with van der Waals surface area (Å²) in [5.41, 5.74) is 1.54. The number of esters is 1. The standard InChI is InChI=1S/C24H25ClFNO3S/c1-24(2,3)30-23(29)20-18(16-9-11-17(25)12-10-16)14-31-22(20)27-21(28)19(26)13-15-7-5-4-6-8-15/h4-12,14,19-20,22H,13H2,1-3H3,(H,27,28)/t19?,20?,22-/m0/s1. The van der Waals surface area contributed by atoms with Crippen molar-refractivity contribution < 1.29 is 18.7 Å². The molecule has 0 aliphatic carbocycles. The van der Waals surface area contributed by atoms with Crippen molar-refractivity contribution in [1.29, 1.82) is 0 Å². The van der Waals surface area contributed by atoms with Gasteiger partial charge in [-0.1, -0.05) is 54.1 Å². The fourth-order valence-electron chi connectivity index (χ4n) is 3.23. The third kappa shape index (κ3) is 6.34.